The second-order valence-corrected chi connectivity index (χ2v) is 1.13. The first-order chi connectivity index (χ1) is 3.41. The van der Waals surface area contributed by atoms with Gasteiger partial charge in [0.2, 0.25) is 0 Å². The summed E-state index contributed by atoms with van der Waals surface area (Å²) in [5, 5.41) is 7.43. The molecule has 5 nitrogen and oxygen atoms in total. The normalized spacial score (nSPS) is 6.18. The van der Waals surface area contributed by atoms with Gasteiger partial charge >= 0.3 is 82.2 Å². The summed E-state index contributed by atoms with van der Waals surface area (Å²) >= 11 is 0. The first kappa shape index (κ1) is 29.2. The van der Waals surface area contributed by atoms with Crippen LogP contribution >= 0.6 is 0 Å². The Morgan fingerprint density at radius 2 is 1.09 bits per heavy atom. The predicted octanol–water partition coefficient (Wildman–Crippen LogP) is -12.8. The first-order valence-corrected chi connectivity index (χ1v) is 2.08. The third kappa shape index (κ3) is 226. The molecule has 0 unspecified atom stereocenters. The minimum absolute atomic E-state index is 0. The first-order valence-electron chi connectivity index (χ1n) is 0.841. The molecule has 0 spiro atoms. The maximum absolute atomic E-state index is 8.49. The maximum Gasteiger partial charge on any atom is 1.00 e. The summed E-state index contributed by atoms with van der Waals surface area (Å²) in [4.78, 5) is 0. The Kier molecular flexibility index (Phi) is 48.5. The predicted molar refractivity (Wildman–Crippen MR) is 24.1 cm³/mol. The van der Waals surface area contributed by atoms with Crippen molar-refractivity contribution in [3.8, 4) is 5.97 Å². The summed E-state index contributed by atoms with van der Waals surface area (Å²) in [6.45, 7) is 0. The molecule has 0 aliphatic heterocycles. The van der Waals surface area contributed by atoms with Gasteiger partial charge in [-0.2, -0.15) is 5.97 Å². The van der Waals surface area contributed by atoms with Gasteiger partial charge in [-0.15, -0.1) is 10.2 Å². The standard InChI is InChI=1S/CH3BN.ClHO4.Mg.2Na.2H/c2-1-3;2-1(3,4)5;;;;;/h2H3;(H,2,3,4,5);;;;;/q-1;;;2*+1;;/p-1. The fourth-order valence-electron chi connectivity index (χ4n) is 0. The molecule has 0 heterocycles. The number of halogens is 1. The SMILES string of the molecule is [BH3-]C#N.[MgH2].[Na+].[Na+].[O-][Cl+3]([O-])([O-])[O-]. The Morgan fingerprint density at radius 3 is 1.09 bits per heavy atom. The van der Waals surface area contributed by atoms with Crippen LogP contribution in [-0.2, 0) is 0 Å². The largest absolute Gasteiger partial charge is 1.00 e. The zero-order valence-electron chi connectivity index (χ0n) is 4.96. The molecule has 0 aromatic heterocycles. The van der Waals surface area contributed by atoms with Crippen molar-refractivity contribution >= 4 is 30.9 Å². The topological polar surface area (TPSA) is 116 Å². The average Bonchev–Trinajstić information content (AvgIpc) is 1.27. The molecule has 11 heavy (non-hydrogen) atoms. The van der Waals surface area contributed by atoms with E-state index in [0.717, 1.165) is 0 Å². The van der Waals surface area contributed by atoms with Gasteiger partial charge in [-0.1, -0.05) is 0 Å². The molecule has 0 fully saturated rings. The molecule has 0 aromatic rings. The Morgan fingerprint density at radius 1 is 1.09 bits per heavy atom. The molecule has 0 aromatic carbocycles. The monoisotopic (exact) mass is 211 g/mol. The number of hydrogen-bond donors (Lipinski definition) is 0. The van der Waals surface area contributed by atoms with Crippen molar-refractivity contribution in [2.75, 3.05) is 0 Å². The minimum Gasteiger partial charge on any atom is -0.251 e. The molecule has 52 valence electrons. The Labute approximate surface area is 128 Å². The van der Waals surface area contributed by atoms with E-state index in [0.29, 0.717) is 0 Å². The van der Waals surface area contributed by atoms with Crippen LogP contribution in [0.3, 0.4) is 0 Å². The molecule has 0 N–H and O–H groups in total. The van der Waals surface area contributed by atoms with Crippen LogP contribution < -0.4 is 77.8 Å². The molecule has 0 amide bonds. The van der Waals surface area contributed by atoms with E-state index in [1.54, 1.807) is 0 Å². The van der Waals surface area contributed by atoms with E-state index < -0.39 is 10.2 Å². The molecule has 0 atom stereocenters. The summed E-state index contributed by atoms with van der Waals surface area (Å²) in [7, 11) is -4.88. The van der Waals surface area contributed by atoms with Crippen LogP contribution in [0.2, 0.25) is 0 Å². The number of nitriles is 1. The Balaban J connectivity index is -0.0000000183. The summed E-state index contributed by atoms with van der Waals surface area (Å²) in [5.41, 5.74) is 0. The van der Waals surface area contributed by atoms with E-state index in [-0.39, 0.29) is 90.0 Å². The van der Waals surface area contributed by atoms with Gasteiger partial charge in [0.25, 0.3) is 0 Å². The van der Waals surface area contributed by atoms with Crippen molar-refractivity contribution in [1.29, 1.82) is 5.26 Å². The van der Waals surface area contributed by atoms with Crippen LogP contribution in [-0.4, -0.2) is 30.9 Å². The molecular weight excluding hydrogens is 207 g/mol. The van der Waals surface area contributed by atoms with Gasteiger partial charge in [0.15, 0.2) is 0 Å². The van der Waals surface area contributed by atoms with Crippen molar-refractivity contribution < 1.29 is 88.0 Å². The molecule has 0 rings (SSSR count). The fourth-order valence-corrected chi connectivity index (χ4v) is 0. The summed E-state index contributed by atoms with van der Waals surface area (Å²) < 4.78 is 34.0. The van der Waals surface area contributed by atoms with Gasteiger partial charge in [-0.05, 0) is 0 Å². The van der Waals surface area contributed by atoms with Crippen molar-refractivity contribution in [3.05, 3.63) is 0 Å². The Hall–Kier alpha value is 2.45. The van der Waals surface area contributed by atoms with Gasteiger partial charge in [-0.3, -0.25) is 5.26 Å². The van der Waals surface area contributed by atoms with Gasteiger partial charge in [0.05, 0.1) is 7.85 Å². The van der Waals surface area contributed by atoms with E-state index in [2.05, 4.69) is 0 Å². The van der Waals surface area contributed by atoms with Crippen molar-refractivity contribution in [2.45, 2.75) is 0 Å². The van der Waals surface area contributed by atoms with Gasteiger partial charge in [-0.25, -0.2) is 18.6 Å². The fraction of sp³-hybridized carbons (Fsp3) is 0. The molecule has 0 bridgehead atoms. The number of nitrogens with zero attached hydrogens (tertiary/aromatic N) is 1. The van der Waals surface area contributed by atoms with E-state index in [9.17, 15) is 0 Å². The number of hydrogen-bond acceptors (Lipinski definition) is 5. The third-order valence-corrected chi connectivity index (χ3v) is 0. The Bertz CT molecular complexity index is 89.1. The maximum atomic E-state index is 8.49. The van der Waals surface area contributed by atoms with E-state index in [1.165, 1.54) is 0 Å². The molecule has 0 saturated heterocycles. The van der Waals surface area contributed by atoms with Crippen LogP contribution in [0.15, 0.2) is 0 Å². The zero-order valence-corrected chi connectivity index (χ0v) is 9.71. The molecule has 0 aliphatic rings. The van der Waals surface area contributed by atoms with Crippen LogP contribution in [0.1, 0.15) is 0 Å². The summed E-state index contributed by atoms with van der Waals surface area (Å²) in [6.07, 6.45) is 0. The second kappa shape index (κ2) is 18.3. The van der Waals surface area contributed by atoms with E-state index >= 15 is 0 Å². The smallest absolute Gasteiger partial charge is 0.251 e. The van der Waals surface area contributed by atoms with Crippen LogP contribution in [0.5, 0.6) is 0 Å². The zero-order chi connectivity index (χ0) is 7.21. The van der Waals surface area contributed by atoms with Crippen LogP contribution in [0, 0.1) is 21.5 Å². The van der Waals surface area contributed by atoms with Gasteiger partial charge in [0, 0.05) is 0 Å². The van der Waals surface area contributed by atoms with Crippen LogP contribution in [0.4, 0.5) is 0 Å². The summed E-state index contributed by atoms with van der Waals surface area (Å²) in [5.74, 6) is 2.00. The quantitative estimate of drug-likeness (QED) is 0.369. The van der Waals surface area contributed by atoms with Crippen molar-refractivity contribution in [1.82, 2.24) is 0 Å². The molecular formula is CH5BClMgNNa2O4. The molecule has 10 heteroatoms. The van der Waals surface area contributed by atoms with Crippen molar-refractivity contribution in [2.24, 2.45) is 0 Å². The van der Waals surface area contributed by atoms with E-state index in [1.807, 2.05) is 5.97 Å². The molecule has 0 aliphatic carbocycles. The van der Waals surface area contributed by atoms with Crippen LogP contribution in [0.25, 0.3) is 0 Å². The van der Waals surface area contributed by atoms with Crippen molar-refractivity contribution in [3.63, 3.8) is 0 Å². The third-order valence-electron chi connectivity index (χ3n) is 0. The minimum atomic E-state index is -4.94. The number of rotatable bonds is 0. The summed E-state index contributed by atoms with van der Waals surface area (Å²) in [6, 6.07) is 0. The molecule has 0 saturated carbocycles. The second-order valence-electron chi connectivity index (χ2n) is 0.378. The average molecular weight is 212 g/mol. The molecule has 0 radical (unpaired) electrons. The van der Waals surface area contributed by atoms with E-state index in [4.69, 9.17) is 23.9 Å². The van der Waals surface area contributed by atoms with Gasteiger partial charge < -0.3 is 0 Å². The van der Waals surface area contributed by atoms with Gasteiger partial charge in [0.1, 0.15) is 0 Å².